The maximum atomic E-state index is 10.9. The van der Waals surface area contributed by atoms with Crippen LogP contribution < -0.4 is 25.0 Å². The molecule has 0 bridgehead atoms. The molecule has 1 saturated carbocycles. The Morgan fingerprint density at radius 3 is 2.64 bits per heavy atom. The molecule has 0 unspecified atom stereocenters. The zero-order valence-electron chi connectivity index (χ0n) is 20.4. The zero-order valence-corrected chi connectivity index (χ0v) is 20.4. The largest absolute Gasteiger partial charge is 0.481 e. The van der Waals surface area contributed by atoms with E-state index in [1.807, 2.05) is 25.2 Å². The minimum absolute atomic E-state index is 0.0796. The average Bonchev–Trinajstić information content (AvgIpc) is 2.92. The van der Waals surface area contributed by atoms with Gasteiger partial charge in [0.1, 0.15) is 11.9 Å². The van der Waals surface area contributed by atoms with Crippen LogP contribution in [0.2, 0.25) is 0 Å². The summed E-state index contributed by atoms with van der Waals surface area (Å²) in [7, 11) is 2.00. The molecule has 2 fully saturated rings. The summed E-state index contributed by atoms with van der Waals surface area (Å²) in [6, 6.07) is 6.26. The SMILES string of the molecule is CN(c1ncc(OCC(N)=O)cn1)C1CCC(Oc2nc(N3CCOCC3)cc3ncccc23)CC1. The number of ether oxygens (including phenoxy) is 3. The second kappa shape index (κ2) is 10.9. The van der Waals surface area contributed by atoms with Crippen LogP contribution in [0, 0.1) is 0 Å². The van der Waals surface area contributed by atoms with Gasteiger partial charge in [-0.3, -0.25) is 9.78 Å². The Bertz CT molecular complexity index is 1180. The normalized spacial score (nSPS) is 20.2. The second-order valence-electron chi connectivity index (χ2n) is 9.09. The van der Waals surface area contributed by atoms with Crippen molar-refractivity contribution in [3.8, 4) is 11.6 Å². The zero-order chi connectivity index (χ0) is 24.9. The lowest BCUT2D eigenvalue weighted by Gasteiger charge is -2.35. The molecule has 0 radical (unpaired) electrons. The Hall–Kier alpha value is -3.73. The maximum Gasteiger partial charge on any atom is 0.255 e. The summed E-state index contributed by atoms with van der Waals surface area (Å²) in [6.45, 7) is 2.81. The van der Waals surface area contributed by atoms with Crippen LogP contribution in [-0.2, 0) is 9.53 Å². The number of nitrogens with two attached hydrogens (primary N) is 1. The number of hydrogen-bond donors (Lipinski definition) is 1. The van der Waals surface area contributed by atoms with E-state index >= 15 is 0 Å². The number of morpholine rings is 1. The molecule has 1 aliphatic heterocycles. The van der Waals surface area contributed by atoms with Gasteiger partial charge in [0.05, 0.1) is 36.5 Å². The molecular formula is C25H31N7O4. The Morgan fingerprint density at radius 1 is 1.17 bits per heavy atom. The monoisotopic (exact) mass is 493 g/mol. The molecule has 36 heavy (non-hydrogen) atoms. The number of fused-ring (bicyclic) bond motifs is 1. The van der Waals surface area contributed by atoms with Crippen LogP contribution in [0.25, 0.3) is 10.9 Å². The number of aromatic nitrogens is 4. The molecule has 3 aromatic rings. The van der Waals surface area contributed by atoms with Crippen LogP contribution in [0.4, 0.5) is 11.8 Å². The first-order valence-corrected chi connectivity index (χ1v) is 12.3. The van der Waals surface area contributed by atoms with Gasteiger partial charge in [0.2, 0.25) is 11.8 Å². The molecule has 0 spiro atoms. The number of carbonyl (C=O) groups excluding carboxylic acids is 1. The highest BCUT2D eigenvalue weighted by atomic mass is 16.5. The molecule has 1 aliphatic carbocycles. The minimum Gasteiger partial charge on any atom is -0.481 e. The molecule has 3 aromatic heterocycles. The summed E-state index contributed by atoms with van der Waals surface area (Å²) in [5.41, 5.74) is 5.99. The fourth-order valence-corrected chi connectivity index (χ4v) is 4.67. The number of anilines is 2. The summed E-state index contributed by atoms with van der Waals surface area (Å²) in [4.78, 5) is 33.4. The summed E-state index contributed by atoms with van der Waals surface area (Å²) >= 11 is 0. The Labute approximate surface area is 209 Å². The molecular weight excluding hydrogens is 462 g/mol. The van der Waals surface area contributed by atoms with Gasteiger partial charge in [-0.05, 0) is 37.8 Å². The number of pyridine rings is 2. The van der Waals surface area contributed by atoms with Crippen molar-refractivity contribution in [2.75, 3.05) is 49.8 Å². The molecule has 11 heteroatoms. The van der Waals surface area contributed by atoms with Crippen molar-refractivity contribution < 1.29 is 19.0 Å². The van der Waals surface area contributed by atoms with E-state index in [1.54, 1.807) is 18.6 Å². The van der Waals surface area contributed by atoms with Gasteiger partial charge < -0.3 is 29.7 Å². The van der Waals surface area contributed by atoms with Gasteiger partial charge in [0.15, 0.2) is 12.4 Å². The molecule has 1 saturated heterocycles. The van der Waals surface area contributed by atoms with Crippen molar-refractivity contribution in [2.24, 2.45) is 5.73 Å². The van der Waals surface area contributed by atoms with Crippen LogP contribution in [-0.4, -0.2) is 77.9 Å². The van der Waals surface area contributed by atoms with Crippen molar-refractivity contribution in [1.82, 2.24) is 19.9 Å². The molecule has 2 aliphatic rings. The van der Waals surface area contributed by atoms with E-state index in [0.717, 1.165) is 55.5 Å². The van der Waals surface area contributed by atoms with E-state index in [-0.39, 0.29) is 12.7 Å². The van der Waals surface area contributed by atoms with Crippen molar-refractivity contribution >= 4 is 28.6 Å². The maximum absolute atomic E-state index is 10.9. The van der Waals surface area contributed by atoms with E-state index in [1.165, 1.54) is 0 Å². The van der Waals surface area contributed by atoms with Gasteiger partial charge in [-0.2, -0.15) is 4.98 Å². The van der Waals surface area contributed by atoms with Gasteiger partial charge in [-0.25, -0.2) is 9.97 Å². The van der Waals surface area contributed by atoms with E-state index in [9.17, 15) is 4.79 Å². The highest BCUT2D eigenvalue weighted by Gasteiger charge is 2.27. The van der Waals surface area contributed by atoms with Crippen molar-refractivity contribution in [3.05, 3.63) is 36.8 Å². The average molecular weight is 494 g/mol. The summed E-state index contributed by atoms with van der Waals surface area (Å²) < 4.78 is 17.2. The van der Waals surface area contributed by atoms with Crippen molar-refractivity contribution in [2.45, 2.75) is 37.8 Å². The summed E-state index contributed by atoms with van der Waals surface area (Å²) in [5.74, 6) is 2.02. The van der Waals surface area contributed by atoms with Gasteiger partial charge >= 0.3 is 0 Å². The van der Waals surface area contributed by atoms with Crippen LogP contribution in [0.15, 0.2) is 36.8 Å². The standard InChI is InChI=1S/C25H31N7O4/c1-31(25-28-14-19(15-29-25)35-16-22(26)33)17-4-6-18(7-5-17)36-24-20-3-2-8-27-21(20)13-23(30-24)32-9-11-34-12-10-32/h2-3,8,13-15,17-18H,4-7,9-12,16H2,1H3,(H2,26,33). The first kappa shape index (κ1) is 24.0. The first-order valence-electron chi connectivity index (χ1n) is 12.3. The predicted molar refractivity (Wildman–Crippen MR) is 134 cm³/mol. The molecule has 190 valence electrons. The smallest absolute Gasteiger partial charge is 0.255 e. The predicted octanol–water partition coefficient (Wildman–Crippen LogP) is 1.95. The lowest BCUT2D eigenvalue weighted by molar-refractivity contribution is -0.119. The number of nitrogens with zero attached hydrogens (tertiary/aromatic N) is 6. The third-order valence-corrected chi connectivity index (χ3v) is 6.67. The van der Waals surface area contributed by atoms with Gasteiger partial charge in [0.25, 0.3) is 5.91 Å². The van der Waals surface area contributed by atoms with Gasteiger partial charge in [0, 0.05) is 38.4 Å². The Kier molecular flexibility index (Phi) is 7.26. The Morgan fingerprint density at radius 2 is 1.92 bits per heavy atom. The van der Waals surface area contributed by atoms with Gasteiger partial charge in [-0.15, -0.1) is 0 Å². The number of hydrogen-bond acceptors (Lipinski definition) is 10. The van der Waals surface area contributed by atoms with Crippen molar-refractivity contribution in [3.63, 3.8) is 0 Å². The lowest BCUT2D eigenvalue weighted by atomic mass is 9.92. The first-order chi connectivity index (χ1) is 17.6. The molecule has 1 amide bonds. The molecule has 0 atom stereocenters. The molecule has 5 rings (SSSR count). The van der Waals surface area contributed by atoms with E-state index in [0.29, 0.717) is 36.8 Å². The van der Waals surface area contributed by atoms with Crippen LogP contribution in [0.3, 0.4) is 0 Å². The molecule has 0 aromatic carbocycles. The third-order valence-electron chi connectivity index (χ3n) is 6.67. The topological polar surface area (TPSA) is 129 Å². The fourth-order valence-electron chi connectivity index (χ4n) is 4.67. The fraction of sp³-hybridized carbons (Fsp3) is 0.480. The lowest BCUT2D eigenvalue weighted by Crippen LogP contribution is -2.39. The van der Waals surface area contributed by atoms with Gasteiger partial charge in [-0.1, -0.05) is 0 Å². The third kappa shape index (κ3) is 5.56. The van der Waals surface area contributed by atoms with Crippen molar-refractivity contribution in [1.29, 1.82) is 0 Å². The van der Waals surface area contributed by atoms with E-state index in [2.05, 4.69) is 24.8 Å². The number of primary amides is 1. The molecule has 2 N–H and O–H groups in total. The summed E-state index contributed by atoms with van der Waals surface area (Å²) in [6.07, 6.45) is 8.70. The summed E-state index contributed by atoms with van der Waals surface area (Å²) in [5, 5.41) is 0.931. The second-order valence-corrected chi connectivity index (χ2v) is 9.09. The highest BCUT2D eigenvalue weighted by Crippen LogP contribution is 2.32. The van der Waals surface area contributed by atoms with E-state index in [4.69, 9.17) is 24.9 Å². The highest BCUT2D eigenvalue weighted by molar-refractivity contribution is 5.85. The minimum atomic E-state index is -0.539. The number of carbonyl (C=O) groups is 1. The Balaban J connectivity index is 1.22. The van der Waals surface area contributed by atoms with Crippen LogP contribution >= 0.6 is 0 Å². The van der Waals surface area contributed by atoms with Crippen LogP contribution in [0.5, 0.6) is 11.6 Å². The number of amides is 1. The molecule has 11 nitrogen and oxygen atoms in total. The van der Waals surface area contributed by atoms with Crippen LogP contribution in [0.1, 0.15) is 25.7 Å². The van der Waals surface area contributed by atoms with E-state index < -0.39 is 5.91 Å². The quantitative estimate of drug-likeness (QED) is 0.497. The molecule has 4 heterocycles. The number of rotatable bonds is 8.